The zero-order chi connectivity index (χ0) is 17.0. The average molecular weight is 344 g/mol. The second-order valence-electron chi connectivity index (χ2n) is 5.42. The minimum atomic E-state index is -4.35. The first kappa shape index (κ1) is 17.7. The summed E-state index contributed by atoms with van der Waals surface area (Å²) in [5, 5.41) is 3.31. The van der Waals surface area contributed by atoms with Crippen LogP contribution in [0.1, 0.15) is 34.7 Å². The first-order valence-electron chi connectivity index (χ1n) is 7.18. The number of nitrogens with zero attached hydrogens (tertiary/aromatic N) is 1. The third-order valence-corrected chi connectivity index (χ3v) is 4.50. The Morgan fingerprint density at radius 2 is 2.04 bits per heavy atom. The molecular formula is C16H19F3N2OS. The smallest absolute Gasteiger partial charge is 0.422 e. The fraction of sp³-hybridized carbons (Fsp3) is 0.438. The van der Waals surface area contributed by atoms with Gasteiger partial charge in [-0.2, -0.15) is 13.2 Å². The predicted molar refractivity (Wildman–Crippen MR) is 84.8 cm³/mol. The Morgan fingerprint density at radius 1 is 1.30 bits per heavy atom. The van der Waals surface area contributed by atoms with Gasteiger partial charge in [0.2, 0.25) is 0 Å². The number of halogens is 3. The van der Waals surface area contributed by atoms with Crippen molar-refractivity contribution in [2.45, 2.75) is 39.5 Å². The topological polar surface area (TPSA) is 34.2 Å². The van der Waals surface area contributed by atoms with Crippen molar-refractivity contribution in [2.24, 2.45) is 0 Å². The molecule has 0 fully saturated rings. The first-order valence-corrected chi connectivity index (χ1v) is 8.06. The van der Waals surface area contributed by atoms with E-state index in [0.29, 0.717) is 12.1 Å². The molecule has 1 heterocycles. The van der Waals surface area contributed by atoms with Crippen LogP contribution in [0.2, 0.25) is 0 Å². The van der Waals surface area contributed by atoms with Crippen LogP contribution in [0.5, 0.6) is 5.75 Å². The summed E-state index contributed by atoms with van der Waals surface area (Å²) in [5.41, 5.74) is 4.31. The van der Waals surface area contributed by atoms with E-state index in [9.17, 15) is 13.2 Å². The molecule has 3 nitrogen and oxygen atoms in total. The highest BCUT2D eigenvalue weighted by Gasteiger charge is 2.28. The van der Waals surface area contributed by atoms with Crippen molar-refractivity contribution >= 4 is 11.3 Å². The van der Waals surface area contributed by atoms with Crippen LogP contribution in [0.15, 0.2) is 23.7 Å². The van der Waals surface area contributed by atoms with Crippen molar-refractivity contribution < 1.29 is 17.9 Å². The molecule has 0 amide bonds. The van der Waals surface area contributed by atoms with E-state index in [4.69, 9.17) is 4.74 Å². The Kier molecular flexibility index (Phi) is 5.64. The lowest BCUT2D eigenvalue weighted by molar-refractivity contribution is -0.153. The molecule has 1 aromatic carbocycles. The Labute approximate surface area is 137 Å². The maximum atomic E-state index is 12.4. The molecule has 1 unspecified atom stereocenters. The molecule has 1 N–H and O–H groups in total. The molecule has 0 aliphatic heterocycles. The average Bonchev–Trinajstić information content (AvgIpc) is 2.89. The van der Waals surface area contributed by atoms with Crippen LogP contribution in [0.25, 0.3) is 0 Å². The summed E-state index contributed by atoms with van der Waals surface area (Å²) in [4.78, 5) is 5.33. The van der Waals surface area contributed by atoms with Crippen LogP contribution in [0.4, 0.5) is 13.2 Å². The molecule has 1 atom stereocenters. The predicted octanol–water partition coefficient (Wildman–Crippen LogP) is 4.55. The monoisotopic (exact) mass is 344 g/mol. The lowest BCUT2D eigenvalue weighted by Crippen LogP contribution is -2.21. The SMILES string of the molecule is Cc1ccc(CNC(C)c2scnc2C)c(OCC(F)(F)F)c1. The Bertz CT molecular complexity index is 655. The summed E-state index contributed by atoms with van der Waals surface area (Å²) >= 11 is 1.56. The maximum Gasteiger partial charge on any atom is 0.422 e. The summed E-state index contributed by atoms with van der Waals surface area (Å²) in [6.45, 7) is 4.90. The number of ether oxygens (including phenoxy) is 1. The molecule has 0 saturated heterocycles. The molecule has 0 spiro atoms. The number of aromatic nitrogens is 1. The van der Waals surface area contributed by atoms with Gasteiger partial charge in [0.1, 0.15) is 5.75 Å². The van der Waals surface area contributed by atoms with Crippen molar-refractivity contribution in [2.75, 3.05) is 6.61 Å². The van der Waals surface area contributed by atoms with E-state index < -0.39 is 12.8 Å². The standard InChI is InChI=1S/C16H19F3N2OS/c1-10-4-5-13(14(6-10)22-8-16(17,18)19)7-20-11(2)15-12(3)21-9-23-15/h4-6,9,11,20H,7-8H2,1-3H3. The lowest BCUT2D eigenvalue weighted by atomic mass is 10.1. The summed E-state index contributed by atoms with van der Waals surface area (Å²) in [5.74, 6) is 0.267. The van der Waals surface area contributed by atoms with Gasteiger partial charge >= 0.3 is 6.18 Å². The van der Waals surface area contributed by atoms with Crippen molar-refractivity contribution in [3.63, 3.8) is 0 Å². The number of alkyl halides is 3. The molecule has 2 rings (SSSR count). The van der Waals surface area contributed by atoms with Crippen LogP contribution >= 0.6 is 11.3 Å². The van der Waals surface area contributed by atoms with Gasteiger partial charge in [0.15, 0.2) is 6.61 Å². The normalized spacial score (nSPS) is 13.1. The zero-order valence-electron chi connectivity index (χ0n) is 13.2. The van der Waals surface area contributed by atoms with Gasteiger partial charge in [-0.05, 0) is 32.4 Å². The Balaban J connectivity index is 2.05. The molecule has 0 radical (unpaired) electrons. The molecule has 0 bridgehead atoms. The van der Waals surface area contributed by atoms with Gasteiger partial charge in [-0.3, -0.25) is 0 Å². The second-order valence-corrected chi connectivity index (χ2v) is 6.31. The highest BCUT2D eigenvalue weighted by atomic mass is 32.1. The zero-order valence-corrected chi connectivity index (χ0v) is 14.0. The van der Waals surface area contributed by atoms with Crippen molar-refractivity contribution in [1.29, 1.82) is 0 Å². The summed E-state index contributed by atoms with van der Waals surface area (Å²) in [7, 11) is 0. The van der Waals surface area contributed by atoms with Crippen LogP contribution in [0.3, 0.4) is 0 Å². The number of aryl methyl sites for hydroxylation is 2. The number of hydrogen-bond donors (Lipinski definition) is 1. The molecule has 0 saturated carbocycles. The van der Waals surface area contributed by atoms with E-state index in [1.54, 1.807) is 29.0 Å². The largest absolute Gasteiger partial charge is 0.484 e. The van der Waals surface area contributed by atoms with Gasteiger partial charge in [-0.1, -0.05) is 12.1 Å². The van der Waals surface area contributed by atoms with E-state index in [1.165, 1.54) is 0 Å². The van der Waals surface area contributed by atoms with Gasteiger partial charge in [0, 0.05) is 23.0 Å². The van der Waals surface area contributed by atoms with Crippen LogP contribution in [0, 0.1) is 13.8 Å². The van der Waals surface area contributed by atoms with E-state index in [1.807, 2.05) is 26.8 Å². The fourth-order valence-corrected chi connectivity index (χ4v) is 3.02. The number of rotatable bonds is 6. The van der Waals surface area contributed by atoms with E-state index in [2.05, 4.69) is 10.3 Å². The molecule has 7 heteroatoms. The van der Waals surface area contributed by atoms with Gasteiger partial charge in [-0.15, -0.1) is 11.3 Å². The fourth-order valence-electron chi connectivity index (χ4n) is 2.18. The van der Waals surface area contributed by atoms with E-state index in [-0.39, 0.29) is 11.8 Å². The number of thiazole rings is 1. The number of benzene rings is 1. The highest BCUT2D eigenvalue weighted by Crippen LogP contribution is 2.26. The van der Waals surface area contributed by atoms with Gasteiger partial charge in [0.05, 0.1) is 11.2 Å². The van der Waals surface area contributed by atoms with E-state index >= 15 is 0 Å². The summed E-state index contributed by atoms with van der Waals surface area (Å²) < 4.78 is 42.1. The molecular weight excluding hydrogens is 325 g/mol. The summed E-state index contributed by atoms with van der Waals surface area (Å²) in [6.07, 6.45) is -4.35. The maximum absolute atomic E-state index is 12.4. The molecule has 0 aliphatic carbocycles. The molecule has 2 aromatic rings. The van der Waals surface area contributed by atoms with Crippen molar-refractivity contribution in [1.82, 2.24) is 10.3 Å². The molecule has 126 valence electrons. The first-order chi connectivity index (χ1) is 10.8. The second kappa shape index (κ2) is 7.31. The molecule has 0 aliphatic rings. The van der Waals surface area contributed by atoms with Gasteiger partial charge < -0.3 is 10.1 Å². The van der Waals surface area contributed by atoms with Crippen molar-refractivity contribution in [3.8, 4) is 5.75 Å². The van der Waals surface area contributed by atoms with Gasteiger partial charge in [-0.25, -0.2) is 4.98 Å². The Hall–Kier alpha value is -1.60. The highest BCUT2D eigenvalue weighted by molar-refractivity contribution is 7.09. The minimum Gasteiger partial charge on any atom is -0.484 e. The summed E-state index contributed by atoms with van der Waals surface area (Å²) in [6, 6.07) is 5.35. The van der Waals surface area contributed by atoms with Crippen LogP contribution < -0.4 is 10.1 Å². The third kappa shape index (κ3) is 5.21. The Morgan fingerprint density at radius 3 is 2.65 bits per heavy atom. The molecule has 23 heavy (non-hydrogen) atoms. The number of hydrogen-bond acceptors (Lipinski definition) is 4. The quantitative estimate of drug-likeness (QED) is 0.835. The van der Waals surface area contributed by atoms with Crippen LogP contribution in [-0.4, -0.2) is 17.8 Å². The van der Waals surface area contributed by atoms with Gasteiger partial charge in [0.25, 0.3) is 0 Å². The van der Waals surface area contributed by atoms with Crippen molar-refractivity contribution in [3.05, 3.63) is 45.4 Å². The molecule has 1 aromatic heterocycles. The van der Waals surface area contributed by atoms with Crippen LogP contribution in [-0.2, 0) is 6.54 Å². The number of nitrogens with one attached hydrogen (secondary N) is 1. The lowest BCUT2D eigenvalue weighted by Gasteiger charge is -2.17. The third-order valence-electron chi connectivity index (χ3n) is 3.39. The van der Waals surface area contributed by atoms with E-state index in [0.717, 1.165) is 16.1 Å². The minimum absolute atomic E-state index is 0.0688.